The maximum absolute atomic E-state index is 11.3. The van der Waals surface area contributed by atoms with Gasteiger partial charge >= 0.3 is 0 Å². The minimum absolute atomic E-state index is 0.0316. The molecule has 0 aromatic carbocycles. The van der Waals surface area contributed by atoms with Crippen LogP contribution in [0.1, 0.15) is 17.8 Å². The van der Waals surface area contributed by atoms with Gasteiger partial charge in [0.1, 0.15) is 0 Å². The molecule has 2 heterocycles. The molecule has 1 aliphatic heterocycles. The first kappa shape index (κ1) is 12.0. The Kier molecular flexibility index (Phi) is 3.34. The van der Waals surface area contributed by atoms with Crippen molar-refractivity contribution in [1.82, 2.24) is 5.32 Å². The Balaban J connectivity index is 2.01. The van der Waals surface area contributed by atoms with E-state index in [9.17, 15) is 13.5 Å². The Hall–Kier alpha value is -0.430. The summed E-state index contributed by atoms with van der Waals surface area (Å²) in [5.41, 5.74) is 0. The van der Waals surface area contributed by atoms with E-state index in [1.807, 2.05) is 24.4 Å². The first-order valence-corrected chi connectivity index (χ1v) is 7.86. The highest BCUT2D eigenvalue weighted by molar-refractivity contribution is 7.91. The van der Waals surface area contributed by atoms with Gasteiger partial charge in [0.25, 0.3) is 0 Å². The third-order valence-corrected chi connectivity index (χ3v) is 5.53. The summed E-state index contributed by atoms with van der Waals surface area (Å²) in [6.45, 7) is 1.98. The van der Waals surface area contributed by atoms with E-state index in [1.54, 1.807) is 11.3 Å². The van der Waals surface area contributed by atoms with Gasteiger partial charge in [-0.15, -0.1) is 11.3 Å². The molecule has 6 heteroatoms. The molecule has 0 spiro atoms. The van der Waals surface area contributed by atoms with E-state index in [2.05, 4.69) is 5.32 Å². The summed E-state index contributed by atoms with van der Waals surface area (Å²) in [6.07, 6.45) is -0.785. The zero-order valence-electron chi connectivity index (χ0n) is 8.96. The van der Waals surface area contributed by atoms with Crippen molar-refractivity contribution >= 4 is 21.2 Å². The summed E-state index contributed by atoms with van der Waals surface area (Å²) < 4.78 is 22.6. The number of sulfone groups is 1. The number of rotatable bonds is 3. The van der Waals surface area contributed by atoms with E-state index < -0.39 is 15.9 Å². The van der Waals surface area contributed by atoms with Gasteiger partial charge in [-0.05, 0) is 18.4 Å². The molecule has 0 bridgehead atoms. The van der Waals surface area contributed by atoms with Gasteiger partial charge in [-0.2, -0.15) is 0 Å². The highest BCUT2D eigenvalue weighted by atomic mass is 32.2. The van der Waals surface area contributed by atoms with Crippen molar-refractivity contribution in [2.75, 3.05) is 11.5 Å². The molecule has 1 aliphatic rings. The van der Waals surface area contributed by atoms with E-state index in [4.69, 9.17) is 0 Å². The molecule has 16 heavy (non-hydrogen) atoms. The van der Waals surface area contributed by atoms with Crippen LogP contribution in [0.5, 0.6) is 0 Å². The van der Waals surface area contributed by atoms with Gasteiger partial charge in [0.2, 0.25) is 0 Å². The lowest BCUT2D eigenvalue weighted by Gasteiger charge is -2.19. The second kappa shape index (κ2) is 4.44. The Labute approximate surface area is 99.2 Å². The predicted octanol–water partition coefficient (Wildman–Crippen LogP) is 0.557. The Morgan fingerprint density at radius 1 is 1.56 bits per heavy atom. The number of hydrogen-bond donors (Lipinski definition) is 2. The lowest BCUT2D eigenvalue weighted by atomic mass is 10.1. The largest absolute Gasteiger partial charge is 0.390 e. The third kappa shape index (κ3) is 2.63. The maximum Gasteiger partial charge on any atom is 0.154 e. The highest BCUT2D eigenvalue weighted by Crippen LogP contribution is 2.21. The second-order valence-electron chi connectivity index (χ2n) is 4.15. The molecule has 0 saturated carbocycles. The van der Waals surface area contributed by atoms with Crippen LogP contribution in [-0.2, 0) is 9.84 Å². The van der Waals surface area contributed by atoms with Crippen LogP contribution in [-0.4, -0.2) is 37.2 Å². The van der Waals surface area contributed by atoms with Crippen LogP contribution in [0.3, 0.4) is 0 Å². The van der Waals surface area contributed by atoms with Crippen LogP contribution in [0.25, 0.3) is 0 Å². The molecule has 2 rings (SSSR count). The van der Waals surface area contributed by atoms with Gasteiger partial charge in [0.05, 0.1) is 17.6 Å². The van der Waals surface area contributed by atoms with Gasteiger partial charge < -0.3 is 10.4 Å². The summed E-state index contributed by atoms with van der Waals surface area (Å²) >= 11 is 1.62. The standard InChI is InChI=1S/C10H15NO3S2/c1-7(10-3-2-4-15-10)11-8-5-16(13,14)6-9(8)12/h2-4,7-9,11-12H,5-6H2,1H3/t7-,8?,9?/m0/s1. The van der Waals surface area contributed by atoms with E-state index in [-0.39, 0.29) is 23.6 Å². The van der Waals surface area contributed by atoms with E-state index in [1.165, 1.54) is 0 Å². The zero-order valence-corrected chi connectivity index (χ0v) is 10.6. The Morgan fingerprint density at radius 3 is 2.81 bits per heavy atom. The van der Waals surface area contributed by atoms with Crippen molar-refractivity contribution in [2.45, 2.75) is 25.1 Å². The van der Waals surface area contributed by atoms with E-state index >= 15 is 0 Å². The highest BCUT2D eigenvalue weighted by Gasteiger charge is 2.36. The molecule has 4 nitrogen and oxygen atoms in total. The van der Waals surface area contributed by atoms with Gasteiger partial charge in [-0.1, -0.05) is 6.07 Å². The average Bonchev–Trinajstić information content (AvgIpc) is 2.74. The molecule has 1 fully saturated rings. The lowest BCUT2D eigenvalue weighted by molar-refractivity contribution is 0.160. The summed E-state index contributed by atoms with van der Waals surface area (Å²) in [7, 11) is -3.07. The molecule has 1 saturated heterocycles. The number of aliphatic hydroxyl groups excluding tert-OH is 1. The number of hydrogen-bond acceptors (Lipinski definition) is 5. The van der Waals surface area contributed by atoms with E-state index in [0.717, 1.165) is 4.88 Å². The average molecular weight is 261 g/mol. The van der Waals surface area contributed by atoms with Crippen molar-refractivity contribution in [3.8, 4) is 0 Å². The molecule has 1 aromatic rings. The topological polar surface area (TPSA) is 66.4 Å². The fraction of sp³-hybridized carbons (Fsp3) is 0.600. The van der Waals surface area contributed by atoms with Crippen LogP contribution in [0.15, 0.2) is 17.5 Å². The Morgan fingerprint density at radius 2 is 2.31 bits per heavy atom. The fourth-order valence-electron chi connectivity index (χ4n) is 1.93. The van der Waals surface area contributed by atoms with Crippen LogP contribution in [0.4, 0.5) is 0 Å². The predicted molar refractivity (Wildman–Crippen MR) is 64.3 cm³/mol. The molecular weight excluding hydrogens is 246 g/mol. The number of nitrogens with one attached hydrogen (secondary N) is 1. The summed E-state index contributed by atoms with van der Waals surface area (Å²) in [5.74, 6) is -0.0916. The molecule has 2 unspecified atom stereocenters. The molecule has 3 atom stereocenters. The molecule has 1 aromatic heterocycles. The fourth-order valence-corrected chi connectivity index (χ4v) is 4.43. The molecule has 0 amide bonds. The normalized spacial score (nSPS) is 30.4. The monoisotopic (exact) mass is 261 g/mol. The molecule has 2 N–H and O–H groups in total. The number of aliphatic hydroxyl groups is 1. The van der Waals surface area contributed by atoms with Crippen LogP contribution in [0, 0.1) is 0 Å². The van der Waals surface area contributed by atoms with Crippen molar-refractivity contribution in [2.24, 2.45) is 0 Å². The van der Waals surface area contributed by atoms with Gasteiger partial charge in [-0.25, -0.2) is 8.42 Å². The van der Waals surface area contributed by atoms with Gasteiger partial charge in [0, 0.05) is 17.0 Å². The molecule has 0 radical (unpaired) electrons. The number of thiophene rings is 1. The quantitative estimate of drug-likeness (QED) is 0.834. The van der Waals surface area contributed by atoms with Crippen LogP contribution in [0.2, 0.25) is 0 Å². The first-order chi connectivity index (χ1) is 7.48. The lowest BCUT2D eigenvalue weighted by Crippen LogP contribution is -2.40. The SMILES string of the molecule is C[C@H](NC1CS(=O)(=O)CC1O)c1cccs1. The summed E-state index contributed by atoms with van der Waals surface area (Å²) in [5, 5.41) is 14.8. The third-order valence-electron chi connectivity index (χ3n) is 2.76. The van der Waals surface area contributed by atoms with Crippen LogP contribution >= 0.6 is 11.3 Å². The minimum atomic E-state index is -3.07. The Bertz CT molecular complexity index is 441. The van der Waals surface area contributed by atoms with Crippen molar-refractivity contribution in [3.05, 3.63) is 22.4 Å². The summed E-state index contributed by atoms with van der Waals surface area (Å²) in [4.78, 5) is 1.15. The molecule has 90 valence electrons. The van der Waals surface area contributed by atoms with Crippen LogP contribution < -0.4 is 5.32 Å². The zero-order chi connectivity index (χ0) is 11.8. The van der Waals surface area contributed by atoms with Crippen molar-refractivity contribution in [3.63, 3.8) is 0 Å². The minimum Gasteiger partial charge on any atom is -0.390 e. The van der Waals surface area contributed by atoms with Gasteiger partial charge in [-0.3, -0.25) is 0 Å². The molecular formula is C10H15NO3S2. The smallest absolute Gasteiger partial charge is 0.154 e. The maximum atomic E-state index is 11.3. The molecule has 0 aliphatic carbocycles. The summed E-state index contributed by atoms with van der Waals surface area (Å²) in [6, 6.07) is 3.69. The van der Waals surface area contributed by atoms with Gasteiger partial charge in [0.15, 0.2) is 9.84 Å². The first-order valence-electron chi connectivity index (χ1n) is 5.16. The van der Waals surface area contributed by atoms with Crippen molar-refractivity contribution < 1.29 is 13.5 Å². The van der Waals surface area contributed by atoms with E-state index in [0.29, 0.717) is 0 Å². The second-order valence-corrected chi connectivity index (χ2v) is 7.29. The van der Waals surface area contributed by atoms with Crippen molar-refractivity contribution in [1.29, 1.82) is 0 Å².